The topological polar surface area (TPSA) is 82.0 Å². The average Bonchev–Trinajstić information content (AvgIpc) is 2.75. The number of rotatable bonds is 4. The van der Waals surface area contributed by atoms with Gasteiger partial charge in [-0.1, -0.05) is 30.3 Å². The number of hydrogen-bond acceptors (Lipinski definition) is 4. The van der Waals surface area contributed by atoms with Gasteiger partial charge in [0.15, 0.2) is 0 Å². The Balaban J connectivity index is 1.69. The van der Waals surface area contributed by atoms with Gasteiger partial charge in [-0.25, -0.2) is 4.39 Å². The number of fused-ring (bicyclic) bond motifs is 1. The highest BCUT2D eigenvalue weighted by atomic mass is 19.1. The van der Waals surface area contributed by atoms with Crippen LogP contribution in [0.5, 0.6) is 0 Å². The van der Waals surface area contributed by atoms with E-state index in [1.807, 2.05) is 24.3 Å². The number of nitrogens with zero attached hydrogens (tertiary/aromatic N) is 1. The zero-order valence-corrected chi connectivity index (χ0v) is 15.8. The van der Waals surface area contributed by atoms with E-state index in [1.165, 1.54) is 12.1 Å². The van der Waals surface area contributed by atoms with E-state index < -0.39 is 11.8 Å². The Morgan fingerprint density at radius 1 is 0.900 bits per heavy atom. The SMILES string of the molecule is N#CCc1ccc(N/C=C2\C(=O)NC(=O)c3ccc(-c4ccc(F)cc4)cc32)cc1. The summed E-state index contributed by atoms with van der Waals surface area (Å²) in [6.07, 6.45) is 1.87. The molecule has 3 aromatic rings. The van der Waals surface area contributed by atoms with Crippen LogP contribution >= 0.6 is 0 Å². The third kappa shape index (κ3) is 3.82. The molecule has 0 saturated heterocycles. The molecule has 2 N–H and O–H groups in total. The maximum atomic E-state index is 13.2. The summed E-state index contributed by atoms with van der Waals surface area (Å²) in [5, 5.41) is 14.2. The zero-order chi connectivity index (χ0) is 21.1. The van der Waals surface area contributed by atoms with E-state index in [0.29, 0.717) is 23.1 Å². The molecule has 0 saturated carbocycles. The van der Waals surface area contributed by atoms with Gasteiger partial charge in [-0.2, -0.15) is 5.26 Å². The second-order valence-corrected chi connectivity index (χ2v) is 6.78. The van der Waals surface area contributed by atoms with E-state index in [4.69, 9.17) is 5.26 Å². The maximum Gasteiger partial charge on any atom is 0.260 e. The maximum absolute atomic E-state index is 13.2. The third-order valence-corrected chi connectivity index (χ3v) is 4.82. The summed E-state index contributed by atoms with van der Waals surface area (Å²) in [5.41, 5.74) is 4.38. The Hall–Kier alpha value is -4.24. The Morgan fingerprint density at radius 3 is 2.30 bits per heavy atom. The summed E-state index contributed by atoms with van der Waals surface area (Å²) in [6, 6.07) is 20.6. The van der Waals surface area contributed by atoms with Crippen molar-refractivity contribution in [3.8, 4) is 17.2 Å². The molecule has 3 aromatic carbocycles. The van der Waals surface area contributed by atoms with Crippen LogP contribution in [0.4, 0.5) is 10.1 Å². The van der Waals surface area contributed by atoms with Crippen molar-refractivity contribution < 1.29 is 14.0 Å². The van der Waals surface area contributed by atoms with Gasteiger partial charge in [0.05, 0.1) is 18.1 Å². The van der Waals surface area contributed by atoms with Gasteiger partial charge in [0.2, 0.25) is 0 Å². The van der Waals surface area contributed by atoms with E-state index in [-0.39, 0.29) is 5.82 Å². The number of anilines is 1. The lowest BCUT2D eigenvalue weighted by molar-refractivity contribution is -0.114. The molecule has 4 rings (SSSR count). The molecule has 0 spiro atoms. The van der Waals surface area contributed by atoms with Gasteiger partial charge in [0.1, 0.15) is 5.82 Å². The summed E-state index contributed by atoms with van der Waals surface area (Å²) in [5.74, 6) is -1.30. The van der Waals surface area contributed by atoms with Crippen LogP contribution in [0.1, 0.15) is 21.5 Å². The number of amides is 2. The van der Waals surface area contributed by atoms with Gasteiger partial charge in [0.25, 0.3) is 11.8 Å². The smallest absolute Gasteiger partial charge is 0.260 e. The summed E-state index contributed by atoms with van der Waals surface area (Å²) < 4.78 is 13.2. The number of carbonyl (C=O) groups excluding carboxylic acids is 2. The van der Waals surface area contributed by atoms with Crippen LogP contribution < -0.4 is 10.6 Å². The van der Waals surface area contributed by atoms with Crippen molar-refractivity contribution in [3.05, 3.63) is 95.4 Å². The van der Waals surface area contributed by atoms with Crippen LogP contribution in [0.15, 0.2) is 72.9 Å². The van der Waals surface area contributed by atoms with Gasteiger partial charge in [-0.3, -0.25) is 14.9 Å². The fraction of sp³-hybridized carbons (Fsp3) is 0.0417. The van der Waals surface area contributed by atoms with E-state index in [1.54, 1.807) is 36.5 Å². The lowest BCUT2D eigenvalue weighted by Crippen LogP contribution is -2.36. The molecule has 0 radical (unpaired) electrons. The van der Waals surface area contributed by atoms with Gasteiger partial charge < -0.3 is 5.32 Å². The minimum Gasteiger partial charge on any atom is -0.361 e. The summed E-state index contributed by atoms with van der Waals surface area (Å²) in [7, 11) is 0. The van der Waals surface area contributed by atoms with Crippen LogP contribution in [0.2, 0.25) is 0 Å². The molecule has 5 nitrogen and oxygen atoms in total. The predicted molar refractivity (Wildman–Crippen MR) is 112 cm³/mol. The Kier molecular flexibility index (Phi) is 5.10. The molecule has 0 aliphatic carbocycles. The van der Waals surface area contributed by atoms with E-state index in [9.17, 15) is 14.0 Å². The predicted octanol–water partition coefficient (Wildman–Crippen LogP) is 4.28. The molecule has 146 valence electrons. The lowest BCUT2D eigenvalue weighted by Gasteiger charge is -2.19. The minimum absolute atomic E-state index is 0.315. The molecule has 2 amide bonds. The number of carbonyl (C=O) groups is 2. The number of imide groups is 1. The van der Waals surface area contributed by atoms with Crippen LogP contribution in [0.3, 0.4) is 0 Å². The van der Waals surface area contributed by atoms with Crippen LogP contribution in [-0.2, 0) is 11.2 Å². The number of nitriles is 1. The molecule has 1 aliphatic rings. The molecule has 0 aromatic heterocycles. The zero-order valence-electron chi connectivity index (χ0n) is 15.8. The van der Waals surface area contributed by atoms with Gasteiger partial charge in [-0.05, 0) is 53.1 Å². The highest BCUT2D eigenvalue weighted by Gasteiger charge is 2.27. The van der Waals surface area contributed by atoms with E-state index in [0.717, 1.165) is 22.4 Å². The standard InChI is InChI=1S/C24H16FN3O2/c25-18-6-3-16(4-7-18)17-5-10-20-21(13-17)22(24(30)28-23(20)29)14-27-19-8-1-15(2-9-19)11-12-26/h1-10,13-14,27H,11H2,(H,28,29,30)/b22-14-. The highest BCUT2D eigenvalue weighted by molar-refractivity contribution is 6.31. The number of benzene rings is 3. The molecule has 30 heavy (non-hydrogen) atoms. The molecular weight excluding hydrogens is 381 g/mol. The molecule has 1 aliphatic heterocycles. The monoisotopic (exact) mass is 397 g/mol. The number of halogens is 1. The molecule has 0 atom stereocenters. The lowest BCUT2D eigenvalue weighted by atomic mass is 9.91. The molecule has 1 heterocycles. The van der Waals surface area contributed by atoms with Crippen LogP contribution in [-0.4, -0.2) is 11.8 Å². The second kappa shape index (κ2) is 8.02. The van der Waals surface area contributed by atoms with Crippen molar-refractivity contribution in [2.45, 2.75) is 6.42 Å². The summed E-state index contributed by atoms with van der Waals surface area (Å²) >= 11 is 0. The normalized spacial score (nSPS) is 14.1. The first-order chi connectivity index (χ1) is 14.5. The molecule has 0 unspecified atom stereocenters. The first-order valence-electron chi connectivity index (χ1n) is 9.24. The van der Waals surface area contributed by atoms with Gasteiger partial charge >= 0.3 is 0 Å². The Labute approximate surface area is 172 Å². The van der Waals surface area contributed by atoms with Crippen molar-refractivity contribution >= 4 is 23.1 Å². The van der Waals surface area contributed by atoms with E-state index in [2.05, 4.69) is 16.7 Å². The van der Waals surface area contributed by atoms with Crippen molar-refractivity contribution in [3.63, 3.8) is 0 Å². The van der Waals surface area contributed by atoms with E-state index >= 15 is 0 Å². The highest BCUT2D eigenvalue weighted by Crippen LogP contribution is 2.30. The Bertz CT molecular complexity index is 1210. The van der Waals surface area contributed by atoms with Gasteiger partial charge in [-0.15, -0.1) is 0 Å². The molecule has 0 fully saturated rings. The van der Waals surface area contributed by atoms with Crippen LogP contribution in [0, 0.1) is 17.1 Å². The van der Waals surface area contributed by atoms with Crippen molar-refractivity contribution in [2.75, 3.05) is 5.32 Å². The fourth-order valence-electron chi connectivity index (χ4n) is 3.26. The van der Waals surface area contributed by atoms with Crippen LogP contribution in [0.25, 0.3) is 16.7 Å². The minimum atomic E-state index is -0.502. The summed E-state index contributed by atoms with van der Waals surface area (Å²) in [6.45, 7) is 0. The Morgan fingerprint density at radius 2 is 1.60 bits per heavy atom. The quantitative estimate of drug-likeness (QED) is 0.509. The van der Waals surface area contributed by atoms with Crippen molar-refractivity contribution in [2.24, 2.45) is 0 Å². The number of hydrogen-bond donors (Lipinski definition) is 2. The number of nitrogens with one attached hydrogen (secondary N) is 2. The first kappa shape index (κ1) is 19.1. The molecule has 6 heteroatoms. The summed E-state index contributed by atoms with van der Waals surface area (Å²) in [4.78, 5) is 24.7. The third-order valence-electron chi connectivity index (χ3n) is 4.82. The average molecular weight is 397 g/mol. The largest absolute Gasteiger partial charge is 0.361 e. The van der Waals surface area contributed by atoms with Crippen molar-refractivity contribution in [1.29, 1.82) is 5.26 Å². The molecule has 0 bridgehead atoms. The second-order valence-electron chi connectivity index (χ2n) is 6.78. The van der Waals surface area contributed by atoms with Crippen molar-refractivity contribution in [1.82, 2.24) is 5.32 Å². The molecular formula is C24H16FN3O2. The van der Waals surface area contributed by atoms with Gasteiger partial charge in [0, 0.05) is 23.0 Å². The first-order valence-corrected chi connectivity index (χ1v) is 9.24. The fourth-order valence-corrected chi connectivity index (χ4v) is 3.26.